The number of nitrogens with zero attached hydrogens (tertiary/aromatic N) is 3. The lowest BCUT2D eigenvalue weighted by Gasteiger charge is -2.18. The van der Waals surface area contributed by atoms with Crippen molar-refractivity contribution >= 4 is 23.4 Å². The van der Waals surface area contributed by atoms with Gasteiger partial charge >= 0.3 is 0 Å². The van der Waals surface area contributed by atoms with E-state index in [-0.39, 0.29) is 5.41 Å². The van der Waals surface area contributed by atoms with Crippen molar-refractivity contribution in [2.75, 3.05) is 13.6 Å². The van der Waals surface area contributed by atoms with E-state index in [1.165, 1.54) is 27.8 Å². The largest absolute Gasteiger partial charge is 0.366 e. The number of aliphatic imine (C=N–C) groups is 1. The van der Waals surface area contributed by atoms with Crippen LogP contribution < -0.4 is 0 Å². The second-order valence-corrected chi connectivity index (χ2v) is 9.96. The fourth-order valence-corrected chi connectivity index (χ4v) is 4.09. The molecule has 2 aromatic carbocycles. The summed E-state index contributed by atoms with van der Waals surface area (Å²) in [5.41, 5.74) is 8.58. The van der Waals surface area contributed by atoms with E-state index >= 15 is 0 Å². The maximum Gasteiger partial charge on any atom is 0.0976 e. The molecule has 0 bridgehead atoms. The summed E-state index contributed by atoms with van der Waals surface area (Å²) in [5.74, 6) is 0. The average Bonchev–Trinajstić information content (AvgIpc) is 3.17. The van der Waals surface area contributed by atoms with Gasteiger partial charge in [0.15, 0.2) is 0 Å². The summed E-state index contributed by atoms with van der Waals surface area (Å²) in [6.07, 6.45) is 2.76. The highest BCUT2D eigenvalue weighted by Crippen LogP contribution is 2.29. The zero-order valence-corrected chi connectivity index (χ0v) is 20.1. The van der Waals surface area contributed by atoms with Crippen LogP contribution in [0.15, 0.2) is 46.8 Å². The van der Waals surface area contributed by atoms with Crippen LogP contribution in [-0.4, -0.2) is 29.8 Å². The maximum absolute atomic E-state index is 4.91. The molecule has 0 amide bonds. The van der Waals surface area contributed by atoms with Crippen molar-refractivity contribution in [3.05, 3.63) is 69.0 Å². The van der Waals surface area contributed by atoms with Gasteiger partial charge in [0.2, 0.25) is 0 Å². The van der Waals surface area contributed by atoms with Gasteiger partial charge in [-0.15, -0.1) is 11.3 Å². The second kappa shape index (κ2) is 9.13. The number of benzene rings is 2. The van der Waals surface area contributed by atoms with Gasteiger partial charge in [-0.1, -0.05) is 51.1 Å². The van der Waals surface area contributed by atoms with E-state index in [2.05, 4.69) is 93.2 Å². The summed E-state index contributed by atoms with van der Waals surface area (Å²) in [4.78, 5) is 11.6. The van der Waals surface area contributed by atoms with Gasteiger partial charge in [0.1, 0.15) is 0 Å². The third-order valence-corrected chi connectivity index (χ3v) is 6.34. The third kappa shape index (κ3) is 5.37. The number of hydrogen-bond donors (Lipinski definition) is 0. The van der Waals surface area contributed by atoms with Crippen molar-refractivity contribution in [2.45, 2.75) is 53.4 Å². The Bertz CT molecular complexity index is 1020. The maximum atomic E-state index is 4.91. The molecule has 0 N–H and O–H groups in total. The van der Waals surface area contributed by atoms with Crippen LogP contribution in [0, 0.1) is 13.8 Å². The summed E-state index contributed by atoms with van der Waals surface area (Å²) in [6, 6.07) is 13.3. The van der Waals surface area contributed by atoms with E-state index in [0.29, 0.717) is 0 Å². The summed E-state index contributed by atoms with van der Waals surface area (Å²) in [5, 5.41) is 3.32. The quantitative estimate of drug-likeness (QED) is 0.320. The van der Waals surface area contributed by atoms with Crippen molar-refractivity contribution in [3.63, 3.8) is 0 Å². The van der Waals surface area contributed by atoms with Crippen LogP contribution in [0.1, 0.15) is 55.0 Å². The fourth-order valence-electron chi connectivity index (χ4n) is 3.26. The first-order chi connectivity index (χ1) is 14.2. The number of rotatable bonds is 6. The molecule has 0 atom stereocenters. The van der Waals surface area contributed by atoms with E-state index in [4.69, 9.17) is 4.98 Å². The lowest BCUT2D eigenvalue weighted by atomic mass is 9.86. The molecule has 0 saturated heterocycles. The highest BCUT2D eigenvalue weighted by atomic mass is 32.1. The van der Waals surface area contributed by atoms with Crippen LogP contribution in [0.5, 0.6) is 0 Å². The minimum absolute atomic E-state index is 0.170. The smallest absolute Gasteiger partial charge is 0.0976 e. The Morgan fingerprint density at radius 1 is 1.07 bits per heavy atom. The van der Waals surface area contributed by atoms with Crippen molar-refractivity contribution in [2.24, 2.45) is 4.99 Å². The second-order valence-electron chi connectivity index (χ2n) is 9.01. The monoisotopic (exact) mass is 419 g/mol. The number of thiazole rings is 1. The van der Waals surface area contributed by atoms with Crippen LogP contribution >= 0.6 is 11.3 Å². The molecule has 0 aliphatic rings. The van der Waals surface area contributed by atoms with Gasteiger partial charge in [0, 0.05) is 31.0 Å². The van der Waals surface area contributed by atoms with Gasteiger partial charge in [-0.2, -0.15) is 0 Å². The molecule has 0 saturated carbocycles. The molecule has 158 valence electrons. The predicted octanol–water partition coefficient (Wildman–Crippen LogP) is 6.93. The topological polar surface area (TPSA) is 28.5 Å². The molecule has 1 aromatic heterocycles. The van der Waals surface area contributed by atoms with Crippen LogP contribution in [0.4, 0.5) is 5.69 Å². The van der Waals surface area contributed by atoms with Crippen molar-refractivity contribution in [1.29, 1.82) is 0 Å². The van der Waals surface area contributed by atoms with Crippen molar-refractivity contribution < 1.29 is 0 Å². The molecule has 0 unspecified atom stereocenters. The van der Waals surface area contributed by atoms with Gasteiger partial charge in [0.25, 0.3) is 0 Å². The predicted molar refractivity (Wildman–Crippen MR) is 131 cm³/mol. The third-order valence-electron chi connectivity index (χ3n) is 5.49. The average molecular weight is 420 g/mol. The molecule has 4 heteroatoms. The van der Waals surface area contributed by atoms with Gasteiger partial charge in [-0.3, -0.25) is 0 Å². The van der Waals surface area contributed by atoms with E-state index < -0.39 is 0 Å². The molecular weight excluding hydrogens is 386 g/mol. The van der Waals surface area contributed by atoms with Crippen LogP contribution in [0.25, 0.3) is 11.3 Å². The Labute approximate surface area is 185 Å². The molecule has 0 fully saturated rings. The Kier molecular flexibility index (Phi) is 6.77. The van der Waals surface area contributed by atoms with Gasteiger partial charge in [-0.25, -0.2) is 9.98 Å². The van der Waals surface area contributed by atoms with E-state index in [0.717, 1.165) is 29.4 Å². The Morgan fingerprint density at radius 2 is 1.77 bits per heavy atom. The molecule has 30 heavy (non-hydrogen) atoms. The molecule has 0 spiro atoms. The SMILES string of the molecule is CCN(C)C=Nc1cc(C)c(Cc2nc(-c3ccc(C(C)(C)C)cc3)cs2)cc1C. The van der Waals surface area contributed by atoms with E-state index in [9.17, 15) is 0 Å². The Balaban J connectivity index is 1.77. The van der Waals surface area contributed by atoms with Gasteiger partial charge in [-0.05, 0) is 54.5 Å². The molecule has 3 nitrogen and oxygen atoms in total. The van der Waals surface area contributed by atoms with Crippen molar-refractivity contribution in [3.8, 4) is 11.3 Å². The highest BCUT2D eigenvalue weighted by Gasteiger charge is 2.14. The first kappa shape index (κ1) is 22.2. The normalized spacial score (nSPS) is 12.0. The fraction of sp³-hybridized carbons (Fsp3) is 0.385. The lowest BCUT2D eigenvalue weighted by molar-refractivity contribution is 0.552. The number of aromatic nitrogens is 1. The van der Waals surface area contributed by atoms with Gasteiger partial charge < -0.3 is 4.90 Å². The highest BCUT2D eigenvalue weighted by molar-refractivity contribution is 7.10. The first-order valence-corrected chi connectivity index (χ1v) is 11.4. The molecule has 3 rings (SSSR count). The molecule has 1 heterocycles. The molecule has 0 aliphatic heterocycles. The number of aryl methyl sites for hydroxylation is 2. The van der Waals surface area contributed by atoms with Crippen molar-refractivity contribution in [1.82, 2.24) is 9.88 Å². The minimum Gasteiger partial charge on any atom is -0.366 e. The minimum atomic E-state index is 0.170. The molecule has 3 aromatic rings. The zero-order valence-electron chi connectivity index (χ0n) is 19.3. The van der Waals surface area contributed by atoms with E-state index in [1.807, 2.05) is 13.4 Å². The summed E-state index contributed by atoms with van der Waals surface area (Å²) in [6.45, 7) is 14.1. The molecular formula is C26H33N3S. The summed E-state index contributed by atoms with van der Waals surface area (Å²) in [7, 11) is 2.04. The Hall–Kier alpha value is -2.46. The van der Waals surface area contributed by atoms with Gasteiger partial charge in [0.05, 0.1) is 22.7 Å². The van der Waals surface area contributed by atoms with E-state index in [1.54, 1.807) is 11.3 Å². The summed E-state index contributed by atoms with van der Waals surface area (Å²) < 4.78 is 0. The molecule has 0 radical (unpaired) electrons. The molecule has 0 aliphatic carbocycles. The Morgan fingerprint density at radius 3 is 2.40 bits per heavy atom. The standard InChI is InChI=1S/C26H33N3S/c1-8-29(7)17-27-23-14-18(2)21(13-19(23)3)15-25-28-24(16-30-25)20-9-11-22(12-10-20)26(4,5)6/h9-14,16-17H,8,15H2,1-7H3. The summed E-state index contributed by atoms with van der Waals surface area (Å²) >= 11 is 1.74. The van der Waals surface area contributed by atoms with Crippen LogP contribution in [0.2, 0.25) is 0 Å². The lowest BCUT2D eigenvalue weighted by Crippen LogP contribution is -2.14. The number of hydrogen-bond acceptors (Lipinski definition) is 3. The van der Waals surface area contributed by atoms with Crippen LogP contribution in [-0.2, 0) is 11.8 Å². The first-order valence-electron chi connectivity index (χ1n) is 10.6. The zero-order chi connectivity index (χ0) is 21.9. The van der Waals surface area contributed by atoms with Crippen LogP contribution in [0.3, 0.4) is 0 Å².